The Morgan fingerprint density at radius 2 is 1.61 bits per heavy atom. The third-order valence-corrected chi connectivity index (χ3v) is 4.36. The molecule has 1 aliphatic heterocycles. The van der Waals surface area contributed by atoms with Gasteiger partial charge >= 0.3 is 0 Å². The van der Waals surface area contributed by atoms with E-state index in [0.717, 1.165) is 50.3 Å². The Bertz CT molecular complexity index is 607. The second-order valence-electron chi connectivity index (χ2n) is 6.15. The van der Waals surface area contributed by atoms with Crippen LogP contribution in [-0.4, -0.2) is 18.1 Å². The molecular formula is C19H24FN3. The van der Waals surface area contributed by atoms with Crippen LogP contribution >= 0.6 is 0 Å². The number of anilines is 1. The fraction of sp³-hybridized carbons (Fsp3) is 0.421. The van der Waals surface area contributed by atoms with Crippen LogP contribution in [0.1, 0.15) is 36.8 Å². The Labute approximate surface area is 137 Å². The SMILES string of the molecule is Fc1ccc(CNCc2ccncc2)cc1N1CCCCCC1. The molecule has 0 aliphatic carbocycles. The largest absolute Gasteiger partial charge is 0.369 e. The zero-order chi connectivity index (χ0) is 15.9. The van der Waals surface area contributed by atoms with E-state index in [-0.39, 0.29) is 5.82 Å². The van der Waals surface area contributed by atoms with Gasteiger partial charge in [0.15, 0.2) is 0 Å². The lowest BCUT2D eigenvalue weighted by molar-refractivity contribution is 0.614. The van der Waals surface area contributed by atoms with Gasteiger partial charge in [-0.05, 0) is 48.2 Å². The molecule has 0 amide bonds. The molecule has 1 N–H and O–H groups in total. The topological polar surface area (TPSA) is 28.2 Å². The summed E-state index contributed by atoms with van der Waals surface area (Å²) in [6.07, 6.45) is 8.42. The van der Waals surface area contributed by atoms with E-state index in [1.165, 1.54) is 18.4 Å². The Morgan fingerprint density at radius 1 is 0.913 bits per heavy atom. The molecule has 0 bridgehead atoms. The molecule has 2 aromatic rings. The van der Waals surface area contributed by atoms with Crippen LogP contribution in [0, 0.1) is 5.82 Å². The Hall–Kier alpha value is -1.94. The van der Waals surface area contributed by atoms with E-state index in [0.29, 0.717) is 0 Å². The molecule has 1 saturated heterocycles. The van der Waals surface area contributed by atoms with E-state index in [1.807, 2.05) is 24.3 Å². The molecule has 0 radical (unpaired) electrons. The van der Waals surface area contributed by atoms with Crippen LogP contribution in [0.25, 0.3) is 0 Å². The first-order valence-electron chi connectivity index (χ1n) is 8.46. The zero-order valence-electron chi connectivity index (χ0n) is 13.5. The second kappa shape index (κ2) is 8.06. The van der Waals surface area contributed by atoms with Gasteiger partial charge in [-0.2, -0.15) is 0 Å². The van der Waals surface area contributed by atoms with Crippen molar-refractivity contribution in [2.24, 2.45) is 0 Å². The fourth-order valence-electron chi connectivity index (χ4n) is 3.07. The summed E-state index contributed by atoms with van der Waals surface area (Å²) in [5.74, 6) is -0.107. The average Bonchev–Trinajstić information content (AvgIpc) is 2.87. The van der Waals surface area contributed by atoms with E-state index in [1.54, 1.807) is 18.5 Å². The number of halogens is 1. The van der Waals surface area contributed by atoms with E-state index in [9.17, 15) is 4.39 Å². The Balaban J connectivity index is 1.62. The number of nitrogens with zero attached hydrogens (tertiary/aromatic N) is 2. The summed E-state index contributed by atoms with van der Waals surface area (Å²) in [5, 5.41) is 3.41. The normalized spacial score (nSPS) is 15.4. The molecule has 0 spiro atoms. The minimum atomic E-state index is -0.107. The van der Waals surface area contributed by atoms with Gasteiger partial charge in [-0.15, -0.1) is 0 Å². The quantitative estimate of drug-likeness (QED) is 0.907. The van der Waals surface area contributed by atoms with Crippen LogP contribution in [0.4, 0.5) is 10.1 Å². The number of hydrogen-bond donors (Lipinski definition) is 1. The summed E-state index contributed by atoms with van der Waals surface area (Å²) >= 11 is 0. The maximum absolute atomic E-state index is 14.2. The molecule has 4 heteroatoms. The van der Waals surface area contributed by atoms with Gasteiger partial charge in [0.25, 0.3) is 0 Å². The zero-order valence-corrected chi connectivity index (χ0v) is 13.5. The average molecular weight is 313 g/mol. The number of rotatable bonds is 5. The molecule has 1 aliphatic rings. The minimum Gasteiger partial charge on any atom is -0.369 e. The van der Waals surface area contributed by atoms with Crippen molar-refractivity contribution < 1.29 is 4.39 Å². The van der Waals surface area contributed by atoms with Crippen LogP contribution in [0.3, 0.4) is 0 Å². The van der Waals surface area contributed by atoms with E-state index >= 15 is 0 Å². The van der Waals surface area contributed by atoms with Crippen LogP contribution in [0.2, 0.25) is 0 Å². The van der Waals surface area contributed by atoms with E-state index in [4.69, 9.17) is 0 Å². The summed E-state index contributed by atoms with van der Waals surface area (Å²) in [6.45, 7) is 3.46. The van der Waals surface area contributed by atoms with Crippen LogP contribution in [0.5, 0.6) is 0 Å². The van der Waals surface area contributed by atoms with Crippen molar-refractivity contribution in [3.63, 3.8) is 0 Å². The van der Waals surface area contributed by atoms with Gasteiger partial charge in [0.2, 0.25) is 0 Å². The van der Waals surface area contributed by atoms with Crippen molar-refractivity contribution in [2.75, 3.05) is 18.0 Å². The Morgan fingerprint density at radius 3 is 2.35 bits per heavy atom. The molecule has 23 heavy (non-hydrogen) atoms. The lowest BCUT2D eigenvalue weighted by Gasteiger charge is -2.24. The molecule has 0 atom stereocenters. The summed E-state index contributed by atoms with van der Waals surface area (Å²) < 4.78 is 14.2. The number of hydrogen-bond acceptors (Lipinski definition) is 3. The molecule has 0 unspecified atom stereocenters. The van der Waals surface area contributed by atoms with Crippen LogP contribution < -0.4 is 10.2 Å². The molecule has 1 aromatic heterocycles. The van der Waals surface area contributed by atoms with Crippen molar-refractivity contribution in [3.05, 3.63) is 59.7 Å². The molecule has 2 heterocycles. The fourth-order valence-corrected chi connectivity index (χ4v) is 3.07. The van der Waals surface area contributed by atoms with Gasteiger partial charge < -0.3 is 10.2 Å². The number of benzene rings is 1. The smallest absolute Gasteiger partial charge is 0.146 e. The molecule has 3 nitrogen and oxygen atoms in total. The van der Waals surface area contributed by atoms with Crippen molar-refractivity contribution in [1.82, 2.24) is 10.3 Å². The lowest BCUT2D eigenvalue weighted by atomic mass is 10.1. The molecule has 1 fully saturated rings. The summed E-state index contributed by atoms with van der Waals surface area (Å²) in [5.41, 5.74) is 3.09. The summed E-state index contributed by atoms with van der Waals surface area (Å²) in [7, 11) is 0. The van der Waals surface area contributed by atoms with Crippen molar-refractivity contribution in [1.29, 1.82) is 0 Å². The number of aromatic nitrogens is 1. The lowest BCUT2D eigenvalue weighted by Crippen LogP contribution is -2.25. The maximum atomic E-state index is 14.2. The van der Waals surface area contributed by atoms with E-state index in [2.05, 4.69) is 15.2 Å². The highest BCUT2D eigenvalue weighted by atomic mass is 19.1. The second-order valence-corrected chi connectivity index (χ2v) is 6.15. The number of pyridine rings is 1. The van der Waals surface area contributed by atoms with Crippen LogP contribution in [0.15, 0.2) is 42.7 Å². The molecular weight excluding hydrogens is 289 g/mol. The highest BCUT2D eigenvalue weighted by molar-refractivity contribution is 5.50. The van der Waals surface area contributed by atoms with Crippen molar-refractivity contribution in [2.45, 2.75) is 38.8 Å². The first-order valence-corrected chi connectivity index (χ1v) is 8.46. The monoisotopic (exact) mass is 313 g/mol. The standard InChI is InChI=1S/C19H24FN3/c20-18-6-5-17(15-22-14-16-7-9-21-10-8-16)13-19(18)23-11-3-1-2-4-12-23/h5-10,13,22H,1-4,11-12,14-15H2. The summed E-state index contributed by atoms with van der Waals surface area (Å²) in [4.78, 5) is 6.22. The Kier molecular flexibility index (Phi) is 5.59. The molecule has 1 aromatic carbocycles. The predicted octanol–water partition coefficient (Wildman–Crippen LogP) is 3.89. The van der Waals surface area contributed by atoms with Gasteiger partial charge in [0.1, 0.15) is 5.82 Å². The maximum Gasteiger partial charge on any atom is 0.146 e. The highest BCUT2D eigenvalue weighted by Gasteiger charge is 2.14. The molecule has 0 saturated carbocycles. The van der Waals surface area contributed by atoms with Gasteiger partial charge in [-0.25, -0.2) is 4.39 Å². The van der Waals surface area contributed by atoms with Crippen molar-refractivity contribution in [3.8, 4) is 0 Å². The van der Waals surface area contributed by atoms with Gasteiger partial charge in [-0.1, -0.05) is 18.9 Å². The van der Waals surface area contributed by atoms with Gasteiger partial charge in [0, 0.05) is 38.6 Å². The van der Waals surface area contributed by atoms with Gasteiger partial charge in [-0.3, -0.25) is 4.98 Å². The minimum absolute atomic E-state index is 0.107. The summed E-state index contributed by atoms with van der Waals surface area (Å²) in [6, 6.07) is 9.47. The predicted molar refractivity (Wildman–Crippen MR) is 91.9 cm³/mol. The molecule has 3 rings (SSSR count). The first-order chi connectivity index (χ1) is 11.3. The van der Waals surface area contributed by atoms with Gasteiger partial charge in [0.05, 0.1) is 5.69 Å². The third-order valence-electron chi connectivity index (χ3n) is 4.36. The number of nitrogens with one attached hydrogen (secondary N) is 1. The molecule has 122 valence electrons. The van der Waals surface area contributed by atoms with Crippen LogP contribution in [-0.2, 0) is 13.1 Å². The highest BCUT2D eigenvalue weighted by Crippen LogP contribution is 2.24. The third kappa shape index (κ3) is 4.52. The van der Waals surface area contributed by atoms with E-state index < -0.39 is 0 Å². The van der Waals surface area contributed by atoms with Crippen molar-refractivity contribution >= 4 is 5.69 Å². The first kappa shape index (κ1) is 15.9.